The van der Waals surface area contributed by atoms with Crippen LogP contribution in [-0.4, -0.2) is 7.11 Å². The van der Waals surface area contributed by atoms with Crippen molar-refractivity contribution < 1.29 is 9.13 Å². The molecule has 1 aromatic carbocycles. The number of rotatable bonds is 2. The van der Waals surface area contributed by atoms with E-state index >= 15 is 0 Å². The Morgan fingerprint density at radius 2 is 2.31 bits per heavy atom. The molecule has 1 fully saturated rings. The van der Waals surface area contributed by atoms with E-state index in [1.165, 1.54) is 19.1 Å². The van der Waals surface area contributed by atoms with Gasteiger partial charge in [-0.3, -0.25) is 0 Å². The summed E-state index contributed by atoms with van der Waals surface area (Å²) in [6, 6.07) is 3.80. The van der Waals surface area contributed by atoms with E-state index in [4.69, 9.17) is 4.74 Å². The van der Waals surface area contributed by atoms with Crippen LogP contribution in [0.4, 0.5) is 4.39 Å². The summed E-state index contributed by atoms with van der Waals surface area (Å²) < 4.78 is 19.4. The Labute approximate surface area is 95.6 Å². The normalized spacial score (nSPS) is 30.6. The summed E-state index contributed by atoms with van der Waals surface area (Å²) in [5, 5.41) is 0. The highest BCUT2D eigenvalue weighted by Gasteiger charge is 2.58. The van der Waals surface area contributed by atoms with E-state index in [0.717, 1.165) is 24.8 Å². The Hall–Kier alpha value is -1.05. The molecule has 1 nitrogen and oxygen atoms in total. The summed E-state index contributed by atoms with van der Waals surface area (Å²) >= 11 is 0. The number of benzene rings is 1. The molecule has 2 unspecified atom stereocenters. The van der Waals surface area contributed by atoms with E-state index in [-0.39, 0.29) is 11.2 Å². The average molecular weight is 220 g/mol. The van der Waals surface area contributed by atoms with Crippen LogP contribution in [0.25, 0.3) is 0 Å². The first-order valence-corrected chi connectivity index (χ1v) is 6.08. The molecule has 0 bridgehead atoms. The predicted octanol–water partition coefficient (Wildman–Crippen LogP) is 3.45. The molecule has 86 valence electrons. The van der Waals surface area contributed by atoms with Crippen LogP contribution in [0.1, 0.15) is 37.3 Å². The molecule has 1 aromatic rings. The standard InChI is InChI=1S/C14H17FO/c1-3-10-8-14(10)7-6-9-4-5-11(16-2)13(15)12(9)14/h4-5,10H,3,6-8H2,1-2H3. The number of hydrogen-bond donors (Lipinski definition) is 0. The Kier molecular flexibility index (Phi) is 2.04. The first-order chi connectivity index (χ1) is 7.73. The zero-order valence-corrected chi connectivity index (χ0v) is 9.85. The Morgan fingerprint density at radius 3 is 2.94 bits per heavy atom. The van der Waals surface area contributed by atoms with Crippen molar-refractivity contribution in [3.05, 3.63) is 29.1 Å². The summed E-state index contributed by atoms with van der Waals surface area (Å²) in [7, 11) is 1.54. The number of aryl methyl sites for hydroxylation is 1. The first kappa shape index (κ1) is 10.1. The molecular formula is C14H17FO. The summed E-state index contributed by atoms with van der Waals surface area (Å²) in [6.45, 7) is 2.20. The minimum atomic E-state index is -0.103. The Balaban J connectivity index is 2.11. The molecule has 2 atom stereocenters. The van der Waals surface area contributed by atoms with Crippen LogP contribution in [-0.2, 0) is 11.8 Å². The summed E-state index contributed by atoms with van der Waals surface area (Å²) in [4.78, 5) is 0. The molecule has 0 radical (unpaired) electrons. The quantitative estimate of drug-likeness (QED) is 0.741. The third-order valence-corrected chi connectivity index (χ3v) is 4.48. The van der Waals surface area contributed by atoms with E-state index in [2.05, 4.69) is 6.92 Å². The summed E-state index contributed by atoms with van der Waals surface area (Å²) in [5.74, 6) is 0.991. The second kappa shape index (κ2) is 3.22. The lowest BCUT2D eigenvalue weighted by Gasteiger charge is -2.14. The molecule has 3 rings (SSSR count). The van der Waals surface area contributed by atoms with E-state index in [1.54, 1.807) is 6.07 Å². The van der Waals surface area contributed by atoms with Crippen molar-refractivity contribution >= 4 is 0 Å². The molecule has 0 N–H and O–H groups in total. The van der Waals surface area contributed by atoms with E-state index < -0.39 is 0 Å². The lowest BCUT2D eigenvalue weighted by atomic mass is 9.94. The highest BCUT2D eigenvalue weighted by Crippen LogP contribution is 2.63. The second-order valence-corrected chi connectivity index (χ2v) is 5.08. The molecule has 2 aliphatic rings. The van der Waals surface area contributed by atoms with Crippen molar-refractivity contribution in [3.63, 3.8) is 0 Å². The molecule has 1 spiro atoms. The van der Waals surface area contributed by atoms with Crippen LogP contribution in [0.2, 0.25) is 0 Å². The molecular weight excluding hydrogens is 203 g/mol. The van der Waals surface area contributed by atoms with Crippen molar-refractivity contribution in [1.82, 2.24) is 0 Å². The van der Waals surface area contributed by atoms with Gasteiger partial charge in [0, 0.05) is 11.0 Å². The predicted molar refractivity (Wildman–Crippen MR) is 61.3 cm³/mol. The van der Waals surface area contributed by atoms with Gasteiger partial charge in [-0.05, 0) is 36.8 Å². The maximum absolute atomic E-state index is 14.3. The Bertz CT molecular complexity index is 441. The van der Waals surface area contributed by atoms with Gasteiger partial charge in [0.25, 0.3) is 0 Å². The third kappa shape index (κ3) is 1.10. The van der Waals surface area contributed by atoms with Crippen molar-refractivity contribution in [3.8, 4) is 5.75 Å². The van der Waals surface area contributed by atoms with Crippen LogP contribution < -0.4 is 4.74 Å². The number of ether oxygens (including phenoxy) is 1. The fourth-order valence-corrected chi connectivity index (χ4v) is 3.51. The van der Waals surface area contributed by atoms with Crippen molar-refractivity contribution in [2.24, 2.45) is 5.92 Å². The van der Waals surface area contributed by atoms with Gasteiger partial charge in [0.05, 0.1) is 7.11 Å². The molecule has 0 aliphatic heterocycles. The van der Waals surface area contributed by atoms with Crippen LogP contribution in [0.5, 0.6) is 5.75 Å². The fraction of sp³-hybridized carbons (Fsp3) is 0.571. The van der Waals surface area contributed by atoms with Crippen molar-refractivity contribution in [2.75, 3.05) is 7.11 Å². The maximum atomic E-state index is 14.3. The van der Waals surface area contributed by atoms with Crippen LogP contribution in [0.3, 0.4) is 0 Å². The first-order valence-electron chi connectivity index (χ1n) is 6.08. The zero-order valence-electron chi connectivity index (χ0n) is 9.85. The van der Waals surface area contributed by atoms with E-state index in [0.29, 0.717) is 11.7 Å². The molecule has 2 aliphatic carbocycles. The highest BCUT2D eigenvalue weighted by molar-refractivity contribution is 5.50. The van der Waals surface area contributed by atoms with Crippen LogP contribution >= 0.6 is 0 Å². The van der Waals surface area contributed by atoms with Crippen LogP contribution in [0.15, 0.2) is 12.1 Å². The molecule has 16 heavy (non-hydrogen) atoms. The number of hydrogen-bond acceptors (Lipinski definition) is 1. The SMILES string of the molecule is CCC1CC12CCc1ccc(OC)c(F)c12. The van der Waals surface area contributed by atoms with Gasteiger partial charge in [0.15, 0.2) is 11.6 Å². The number of fused-ring (bicyclic) bond motifs is 2. The van der Waals surface area contributed by atoms with E-state index in [1.807, 2.05) is 6.07 Å². The van der Waals surface area contributed by atoms with Gasteiger partial charge < -0.3 is 4.74 Å². The monoisotopic (exact) mass is 220 g/mol. The van der Waals surface area contributed by atoms with Crippen molar-refractivity contribution in [1.29, 1.82) is 0 Å². The van der Waals surface area contributed by atoms with Gasteiger partial charge in [0.2, 0.25) is 0 Å². The highest BCUT2D eigenvalue weighted by atomic mass is 19.1. The molecule has 0 heterocycles. The van der Waals surface area contributed by atoms with Gasteiger partial charge >= 0.3 is 0 Å². The maximum Gasteiger partial charge on any atom is 0.169 e. The lowest BCUT2D eigenvalue weighted by molar-refractivity contribution is 0.381. The Morgan fingerprint density at radius 1 is 1.50 bits per heavy atom. The van der Waals surface area contributed by atoms with Gasteiger partial charge in [-0.2, -0.15) is 0 Å². The number of methoxy groups -OCH3 is 1. The molecule has 2 heteroatoms. The number of halogens is 1. The van der Waals surface area contributed by atoms with Gasteiger partial charge in [-0.15, -0.1) is 0 Å². The van der Waals surface area contributed by atoms with E-state index in [9.17, 15) is 4.39 Å². The molecule has 0 aromatic heterocycles. The molecule has 0 saturated heterocycles. The summed E-state index contributed by atoms with van der Waals surface area (Å²) in [5.41, 5.74) is 2.34. The zero-order chi connectivity index (χ0) is 11.3. The largest absolute Gasteiger partial charge is 0.494 e. The summed E-state index contributed by atoms with van der Waals surface area (Å²) in [6.07, 6.45) is 4.49. The van der Waals surface area contributed by atoms with Crippen molar-refractivity contribution in [2.45, 2.75) is 38.0 Å². The van der Waals surface area contributed by atoms with Gasteiger partial charge in [-0.1, -0.05) is 19.4 Å². The fourth-order valence-electron chi connectivity index (χ4n) is 3.51. The molecule has 0 amide bonds. The molecule has 1 saturated carbocycles. The van der Waals surface area contributed by atoms with Gasteiger partial charge in [-0.25, -0.2) is 4.39 Å². The lowest BCUT2D eigenvalue weighted by Crippen LogP contribution is -2.08. The minimum absolute atomic E-state index is 0.103. The topological polar surface area (TPSA) is 9.23 Å². The minimum Gasteiger partial charge on any atom is -0.494 e. The second-order valence-electron chi connectivity index (χ2n) is 5.08. The average Bonchev–Trinajstić information content (AvgIpc) is 2.87. The smallest absolute Gasteiger partial charge is 0.169 e. The van der Waals surface area contributed by atoms with Gasteiger partial charge in [0.1, 0.15) is 0 Å². The third-order valence-electron chi connectivity index (χ3n) is 4.48. The van der Waals surface area contributed by atoms with Crippen LogP contribution in [0, 0.1) is 11.7 Å².